The third-order valence-electron chi connectivity index (χ3n) is 9.49. The van der Waals surface area contributed by atoms with Gasteiger partial charge in [-0.2, -0.15) is 0 Å². The summed E-state index contributed by atoms with van der Waals surface area (Å²) >= 11 is 0. The number of aromatic nitrogens is 2. The normalized spacial score (nSPS) is 23.0. The van der Waals surface area contributed by atoms with Crippen molar-refractivity contribution in [3.63, 3.8) is 0 Å². The van der Waals surface area contributed by atoms with Crippen LogP contribution in [0.1, 0.15) is 72.2 Å². The smallest absolute Gasteiger partial charge is 0.248 e. The third-order valence-corrected chi connectivity index (χ3v) is 10.9. The number of fused-ring (bicyclic) bond motifs is 3. The molecule has 41 heavy (non-hydrogen) atoms. The molecule has 1 amide bonds. The maximum Gasteiger partial charge on any atom is 0.248 e. The van der Waals surface area contributed by atoms with Gasteiger partial charge in [0, 0.05) is 18.2 Å². The molecule has 4 aromatic rings. The minimum Gasteiger partial charge on any atom is -0.366 e. The summed E-state index contributed by atoms with van der Waals surface area (Å²) in [5, 5.41) is 0. The van der Waals surface area contributed by atoms with Crippen LogP contribution in [0.4, 0.5) is 0 Å². The number of rotatable bonds is 10. The molecule has 6 rings (SSSR count). The molecular formula is C33H38N4O3S. The number of nitrogens with two attached hydrogens (primary N) is 1. The number of nitrogens with zero attached hydrogens (tertiary/aromatic N) is 2. The van der Waals surface area contributed by atoms with Crippen molar-refractivity contribution in [3.8, 4) is 0 Å². The first-order chi connectivity index (χ1) is 19.8. The summed E-state index contributed by atoms with van der Waals surface area (Å²) in [5.41, 5.74) is 9.07. The summed E-state index contributed by atoms with van der Waals surface area (Å²) in [4.78, 5) is 16.3. The van der Waals surface area contributed by atoms with Gasteiger partial charge in [0.2, 0.25) is 15.9 Å². The van der Waals surface area contributed by atoms with Gasteiger partial charge in [0.25, 0.3) is 0 Å². The molecule has 2 saturated carbocycles. The monoisotopic (exact) mass is 570 g/mol. The summed E-state index contributed by atoms with van der Waals surface area (Å²) < 4.78 is 31.5. The second-order valence-electron chi connectivity index (χ2n) is 11.8. The Morgan fingerprint density at radius 3 is 2.32 bits per heavy atom. The molecule has 0 saturated heterocycles. The lowest BCUT2D eigenvalue weighted by Crippen LogP contribution is -2.31. The zero-order valence-corrected chi connectivity index (χ0v) is 24.3. The van der Waals surface area contributed by atoms with Crippen LogP contribution in [0, 0.1) is 24.7 Å². The second-order valence-corrected chi connectivity index (χ2v) is 13.6. The Hall–Kier alpha value is -3.49. The predicted octanol–water partition coefficient (Wildman–Crippen LogP) is 5.96. The molecule has 1 heterocycles. The van der Waals surface area contributed by atoms with E-state index in [9.17, 15) is 13.2 Å². The number of carbonyl (C=O) groups excluding carboxylic acids is 1. The maximum atomic E-state index is 13.1. The Morgan fingerprint density at radius 2 is 1.63 bits per heavy atom. The highest BCUT2D eigenvalue weighted by Crippen LogP contribution is 2.53. The molecule has 0 radical (unpaired) electrons. The van der Waals surface area contributed by atoms with E-state index in [-0.39, 0.29) is 16.4 Å². The van der Waals surface area contributed by atoms with Gasteiger partial charge in [0.05, 0.1) is 15.9 Å². The number of benzene rings is 3. The van der Waals surface area contributed by atoms with Crippen LogP contribution < -0.4 is 10.5 Å². The minimum atomic E-state index is -3.72. The molecule has 214 valence electrons. The molecule has 2 aliphatic carbocycles. The van der Waals surface area contributed by atoms with Gasteiger partial charge >= 0.3 is 0 Å². The lowest BCUT2D eigenvalue weighted by Gasteiger charge is -2.37. The van der Waals surface area contributed by atoms with Crippen molar-refractivity contribution in [2.75, 3.05) is 6.54 Å². The van der Waals surface area contributed by atoms with E-state index in [0.29, 0.717) is 30.3 Å². The van der Waals surface area contributed by atoms with Gasteiger partial charge in [-0.05, 0) is 111 Å². The third kappa shape index (κ3) is 5.68. The standard InChI is InChI=1S/C33H38N4O3S/c1-22-36-31-9-5-6-10-32(31)37(22)28-19-25-11-12-26(20-28)30(25)18-15-27(23-7-3-2-4-8-23)21-35-41(39,40)29-16-13-24(14-17-29)33(34)38/h2-10,13-14,16-17,25-28,30,35H,11-12,15,18-21H2,1H3,(H2,34,38)/t25-,26+,27?,28?,30?. The number of imidazole rings is 1. The molecule has 0 aliphatic heterocycles. The Balaban J connectivity index is 1.14. The van der Waals surface area contributed by atoms with Crippen molar-refractivity contribution < 1.29 is 13.2 Å². The summed E-state index contributed by atoms with van der Waals surface area (Å²) in [5.74, 6) is 2.66. The first-order valence-corrected chi connectivity index (χ1v) is 16.2. The van der Waals surface area contributed by atoms with E-state index in [2.05, 4.69) is 52.6 Å². The van der Waals surface area contributed by atoms with Crippen molar-refractivity contribution >= 4 is 27.0 Å². The van der Waals surface area contributed by atoms with Gasteiger partial charge < -0.3 is 10.3 Å². The van der Waals surface area contributed by atoms with E-state index in [4.69, 9.17) is 10.7 Å². The highest BCUT2D eigenvalue weighted by molar-refractivity contribution is 7.89. The van der Waals surface area contributed by atoms with E-state index in [1.807, 2.05) is 18.2 Å². The van der Waals surface area contributed by atoms with Crippen LogP contribution in [0.2, 0.25) is 0 Å². The van der Waals surface area contributed by atoms with Crippen molar-refractivity contribution in [2.24, 2.45) is 23.5 Å². The molecule has 7 nitrogen and oxygen atoms in total. The molecule has 0 spiro atoms. The Labute approximate surface area is 242 Å². The zero-order chi connectivity index (χ0) is 28.6. The van der Waals surface area contributed by atoms with Crippen molar-refractivity contribution in [2.45, 2.75) is 62.3 Å². The number of nitrogens with one attached hydrogen (secondary N) is 1. The quantitative estimate of drug-likeness (QED) is 0.245. The van der Waals surface area contributed by atoms with E-state index in [1.165, 1.54) is 55.5 Å². The molecule has 2 aliphatic rings. The van der Waals surface area contributed by atoms with Crippen LogP contribution in [0.25, 0.3) is 11.0 Å². The van der Waals surface area contributed by atoms with E-state index in [1.54, 1.807) is 0 Å². The van der Waals surface area contributed by atoms with Crippen LogP contribution in [-0.2, 0) is 10.0 Å². The number of aryl methyl sites for hydroxylation is 1. The summed E-state index contributed by atoms with van der Waals surface area (Å²) in [6, 6.07) is 24.9. The summed E-state index contributed by atoms with van der Waals surface area (Å²) in [7, 11) is -3.72. The number of para-hydroxylation sites is 2. The van der Waals surface area contributed by atoms with Gasteiger partial charge in [-0.1, -0.05) is 42.5 Å². The Kier molecular flexibility index (Phi) is 7.70. The summed E-state index contributed by atoms with van der Waals surface area (Å²) in [6.45, 7) is 2.46. The molecule has 3 unspecified atom stereocenters. The highest BCUT2D eigenvalue weighted by atomic mass is 32.2. The molecule has 5 atom stereocenters. The van der Waals surface area contributed by atoms with Gasteiger partial charge in [-0.15, -0.1) is 0 Å². The van der Waals surface area contributed by atoms with E-state index >= 15 is 0 Å². The van der Waals surface area contributed by atoms with E-state index in [0.717, 1.165) is 29.7 Å². The molecule has 2 bridgehead atoms. The fourth-order valence-corrected chi connectivity index (χ4v) is 8.61. The molecule has 2 fully saturated rings. The number of carbonyl (C=O) groups is 1. The van der Waals surface area contributed by atoms with Crippen LogP contribution in [0.15, 0.2) is 83.8 Å². The lowest BCUT2D eigenvalue weighted by molar-refractivity contribution is 0.1000. The van der Waals surface area contributed by atoms with E-state index < -0.39 is 15.9 Å². The summed E-state index contributed by atoms with van der Waals surface area (Å²) in [6.07, 6.45) is 6.96. The molecule has 3 aromatic carbocycles. The van der Waals surface area contributed by atoms with Gasteiger partial charge in [-0.25, -0.2) is 18.1 Å². The average molecular weight is 571 g/mol. The number of amides is 1. The average Bonchev–Trinajstić information content (AvgIpc) is 3.43. The molecule has 8 heteroatoms. The molecule has 3 N–H and O–H groups in total. The van der Waals surface area contributed by atoms with Crippen molar-refractivity contribution in [1.82, 2.24) is 14.3 Å². The van der Waals surface area contributed by atoms with Crippen LogP contribution in [0.3, 0.4) is 0 Å². The van der Waals surface area contributed by atoms with Gasteiger partial charge in [0.15, 0.2) is 0 Å². The molecular weight excluding hydrogens is 532 g/mol. The fraction of sp³-hybridized carbons (Fsp3) is 0.394. The Bertz CT molecular complexity index is 1620. The van der Waals surface area contributed by atoms with Crippen LogP contribution in [-0.4, -0.2) is 30.4 Å². The lowest BCUT2D eigenvalue weighted by atomic mass is 9.73. The SMILES string of the molecule is Cc1nc2ccccc2n1C1C[C@H]2CC[C@@H](C1)C2CCC(CNS(=O)(=O)c1ccc(C(N)=O)cc1)c1ccccc1. The first-order valence-electron chi connectivity index (χ1n) is 14.7. The maximum absolute atomic E-state index is 13.1. The van der Waals surface area contributed by atoms with Gasteiger partial charge in [0.1, 0.15) is 5.82 Å². The fourth-order valence-electron chi connectivity index (χ4n) is 7.53. The largest absolute Gasteiger partial charge is 0.366 e. The number of hydrogen-bond acceptors (Lipinski definition) is 4. The van der Waals surface area contributed by atoms with Crippen molar-refractivity contribution in [1.29, 1.82) is 0 Å². The number of sulfonamides is 1. The van der Waals surface area contributed by atoms with Crippen molar-refractivity contribution in [3.05, 3.63) is 95.8 Å². The zero-order valence-electron chi connectivity index (χ0n) is 23.4. The minimum absolute atomic E-state index is 0.0767. The molecule has 1 aromatic heterocycles. The van der Waals surface area contributed by atoms with Crippen LogP contribution in [0.5, 0.6) is 0 Å². The topological polar surface area (TPSA) is 107 Å². The number of hydrogen-bond donors (Lipinski definition) is 2. The highest BCUT2D eigenvalue weighted by Gasteiger charge is 2.43. The van der Waals surface area contributed by atoms with Crippen LogP contribution >= 0.6 is 0 Å². The second kappa shape index (κ2) is 11.4. The predicted molar refractivity (Wildman–Crippen MR) is 161 cm³/mol. The number of primary amides is 1. The first kappa shape index (κ1) is 27.7. The van der Waals surface area contributed by atoms with Gasteiger partial charge in [-0.3, -0.25) is 4.79 Å². The Morgan fingerprint density at radius 1 is 0.976 bits per heavy atom.